The molecule has 1 aliphatic heterocycles. The smallest absolute Gasteiger partial charge is 0.277 e. The topological polar surface area (TPSA) is 76.0 Å². The van der Waals surface area contributed by atoms with E-state index < -0.39 is 0 Å². The van der Waals surface area contributed by atoms with E-state index in [0.29, 0.717) is 16.9 Å². The van der Waals surface area contributed by atoms with Crippen LogP contribution in [0.15, 0.2) is 29.1 Å². The first-order valence-corrected chi connectivity index (χ1v) is 8.45. The Morgan fingerprint density at radius 3 is 2.88 bits per heavy atom. The van der Waals surface area contributed by atoms with Crippen molar-refractivity contribution < 1.29 is 4.74 Å². The number of nitrogens with one attached hydrogen (secondary N) is 1. The Hall–Kier alpha value is -2.51. The monoisotopic (exact) mass is 339 g/mol. The van der Waals surface area contributed by atoms with Crippen molar-refractivity contribution >= 4 is 11.0 Å². The molecule has 0 bridgehead atoms. The van der Waals surface area contributed by atoms with Gasteiger partial charge in [-0.05, 0) is 18.6 Å². The molecule has 3 aromatic rings. The van der Waals surface area contributed by atoms with Gasteiger partial charge in [0.15, 0.2) is 5.52 Å². The molecule has 0 atom stereocenters. The number of aromatic amines is 1. The number of benzene rings is 1. The third-order valence-corrected chi connectivity index (χ3v) is 4.52. The number of aromatic nitrogens is 4. The van der Waals surface area contributed by atoms with Crippen molar-refractivity contribution in [2.24, 2.45) is 7.05 Å². The normalized spacial score (nSPS) is 15.8. The summed E-state index contributed by atoms with van der Waals surface area (Å²) in [5.74, 6) is 0.594. The van der Waals surface area contributed by atoms with Gasteiger partial charge in [-0.3, -0.25) is 14.4 Å². The highest BCUT2D eigenvalue weighted by atomic mass is 16.5. The fourth-order valence-corrected chi connectivity index (χ4v) is 3.32. The molecule has 1 N–H and O–H groups in total. The van der Waals surface area contributed by atoms with Gasteiger partial charge in [0.25, 0.3) is 5.56 Å². The minimum absolute atomic E-state index is 0.159. The highest BCUT2D eigenvalue weighted by Crippen LogP contribution is 2.25. The third-order valence-electron chi connectivity index (χ3n) is 4.52. The molecule has 0 radical (unpaired) electrons. The van der Waals surface area contributed by atoms with E-state index in [1.54, 1.807) is 18.7 Å². The maximum absolute atomic E-state index is 12.2. The Kier molecular flexibility index (Phi) is 4.10. The van der Waals surface area contributed by atoms with Crippen LogP contribution in [0.5, 0.6) is 0 Å². The average molecular weight is 339 g/mol. The van der Waals surface area contributed by atoms with E-state index in [0.717, 1.165) is 44.1 Å². The van der Waals surface area contributed by atoms with E-state index in [1.165, 1.54) is 5.56 Å². The van der Waals surface area contributed by atoms with Crippen LogP contribution in [0, 0.1) is 6.92 Å². The molecule has 1 aromatic carbocycles. The van der Waals surface area contributed by atoms with Gasteiger partial charge in [0.1, 0.15) is 17.0 Å². The number of aryl methyl sites for hydroxylation is 2. The van der Waals surface area contributed by atoms with Gasteiger partial charge in [-0.2, -0.15) is 5.10 Å². The lowest BCUT2D eigenvalue weighted by molar-refractivity contribution is 0.0342. The van der Waals surface area contributed by atoms with Crippen LogP contribution in [-0.2, 0) is 18.3 Å². The van der Waals surface area contributed by atoms with Crippen molar-refractivity contribution in [3.05, 3.63) is 46.0 Å². The number of fused-ring (bicyclic) bond motifs is 1. The van der Waals surface area contributed by atoms with E-state index in [-0.39, 0.29) is 5.56 Å². The largest absolute Gasteiger partial charge is 0.379 e. The van der Waals surface area contributed by atoms with Gasteiger partial charge < -0.3 is 9.72 Å². The minimum atomic E-state index is -0.159. The van der Waals surface area contributed by atoms with Crippen molar-refractivity contribution in [3.63, 3.8) is 0 Å². The molecule has 2 aromatic heterocycles. The molecule has 0 aliphatic carbocycles. The maximum atomic E-state index is 12.2. The van der Waals surface area contributed by atoms with Gasteiger partial charge in [0, 0.05) is 32.2 Å². The lowest BCUT2D eigenvalue weighted by Gasteiger charge is -2.26. The summed E-state index contributed by atoms with van der Waals surface area (Å²) in [6.07, 6.45) is 0. The average Bonchev–Trinajstić information content (AvgIpc) is 2.93. The molecule has 3 heterocycles. The molecular formula is C18H21N5O2. The molecule has 1 fully saturated rings. The van der Waals surface area contributed by atoms with Crippen molar-refractivity contribution in [1.29, 1.82) is 0 Å². The van der Waals surface area contributed by atoms with Crippen molar-refractivity contribution in [3.8, 4) is 11.3 Å². The molecule has 4 rings (SSSR count). The van der Waals surface area contributed by atoms with Crippen LogP contribution in [0.2, 0.25) is 0 Å². The van der Waals surface area contributed by atoms with Crippen molar-refractivity contribution in [2.75, 3.05) is 26.3 Å². The van der Waals surface area contributed by atoms with Gasteiger partial charge in [-0.15, -0.1) is 0 Å². The van der Waals surface area contributed by atoms with E-state index in [1.807, 2.05) is 12.1 Å². The van der Waals surface area contributed by atoms with E-state index in [2.05, 4.69) is 32.1 Å². The standard InChI is InChI=1S/C18H21N5O2/c1-12-19-16-15(21-22(2)17(16)18(24)20-12)14-5-3-4-13(10-14)11-23-6-8-25-9-7-23/h3-5,10H,6-9,11H2,1-2H3,(H,19,20,24). The molecule has 0 spiro atoms. The molecule has 130 valence electrons. The summed E-state index contributed by atoms with van der Waals surface area (Å²) in [6, 6.07) is 8.31. The first kappa shape index (κ1) is 16.0. The zero-order valence-electron chi connectivity index (χ0n) is 14.5. The third kappa shape index (κ3) is 3.08. The van der Waals surface area contributed by atoms with Crippen molar-refractivity contribution in [2.45, 2.75) is 13.5 Å². The molecule has 1 saturated heterocycles. The Labute approximate surface area is 145 Å². The predicted molar refractivity (Wildman–Crippen MR) is 95.4 cm³/mol. The number of ether oxygens (including phenoxy) is 1. The van der Waals surface area contributed by atoms with Gasteiger partial charge in [0.05, 0.1) is 13.2 Å². The quantitative estimate of drug-likeness (QED) is 0.782. The molecule has 0 saturated carbocycles. The van der Waals surface area contributed by atoms with E-state index >= 15 is 0 Å². The van der Waals surface area contributed by atoms with Gasteiger partial charge in [-0.1, -0.05) is 18.2 Å². The Balaban J connectivity index is 1.74. The fourth-order valence-electron chi connectivity index (χ4n) is 3.32. The van der Waals surface area contributed by atoms with Crippen LogP contribution < -0.4 is 5.56 Å². The molecule has 1 aliphatic rings. The summed E-state index contributed by atoms with van der Waals surface area (Å²) in [5, 5.41) is 4.55. The summed E-state index contributed by atoms with van der Waals surface area (Å²) < 4.78 is 7.01. The van der Waals surface area contributed by atoms with E-state index in [4.69, 9.17) is 4.74 Å². The van der Waals surface area contributed by atoms with Crippen molar-refractivity contribution in [1.82, 2.24) is 24.6 Å². The minimum Gasteiger partial charge on any atom is -0.379 e. The van der Waals surface area contributed by atoms with Crippen LogP contribution in [0.1, 0.15) is 11.4 Å². The highest BCUT2D eigenvalue weighted by Gasteiger charge is 2.17. The second-order valence-electron chi connectivity index (χ2n) is 6.41. The van der Waals surface area contributed by atoms with Gasteiger partial charge >= 0.3 is 0 Å². The summed E-state index contributed by atoms with van der Waals surface area (Å²) in [4.78, 5) is 21.9. The number of nitrogens with zero attached hydrogens (tertiary/aromatic N) is 4. The summed E-state index contributed by atoms with van der Waals surface area (Å²) in [6.45, 7) is 6.15. The van der Waals surface area contributed by atoms with Crippen LogP contribution in [0.4, 0.5) is 0 Å². The second kappa shape index (κ2) is 6.42. The predicted octanol–water partition coefficient (Wildman–Crippen LogP) is 1.46. The number of hydrogen-bond donors (Lipinski definition) is 1. The van der Waals surface area contributed by atoms with Gasteiger partial charge in [0.2, 0.25) is 0 Å². The van der Waals surface area contributed by atoms with Crippen LogP contribution in [0.25, 0.3) is 22.3 Å². The molecule has 0 amide bonds. The number of hydrogen-bond acceptors (Lipinski definition) is 5. The molecular weight excluding hydrogens is 318 g/mol. The molecule has 25 heavy (non-hydrogen) atoms. The first-order valence-electron chi connectivity index (χ1n) is 8.45. The maximum Gasteiger partial charge on any atom is 0.277 e. The molecule has 7 heteroatoms. The summed E-state index contributed by atoms with van der Waals surface area (Å²) in [5.41, 5.74) is 3.93. The molecule has 7 nitrogen and oxygen atoms in total. The van der Waals surface area contributed by atoms with Gasteiger partial charge in [-0.25, -0.2) is 4.98 Å². The first-order chi connectivity index (χ1) is 12.1. The highest BCUT2D eigenvalue weighted by molar-refractivity contribution is 5.89. The summed E-state index contributed by atoms with van der Waals surface area (Å²) >= 11 is 0. The Morgan fingerprint density at radius 2 is 2.08 bits per heavy atom. The number of H-pyrrole nitrogens is 1. The zero-order valence-corrected chi connectivity index (χ0v) is 14.5. The Bertz CT molecular complexity index is 969. The fraction of sp³-hybridized carbons (Fsp3) is 0.389. The lowest BCUT2D eigenvalue weighted by atomic mass is 10.1. The molecule has 0 unspecified atom stereocenters. The number of morpholine rings is 1. The lowest BCUT2D eigenvalue weighted by Crippen LogP contribution is -2.35. The summed E-state index contributed by atoms with van der Waals surface area (Å²) in [7, 11) is 1.77. The zero-order chi connectivity index (χ0) is 17.4. The number of rotatable bonds is 3. The van der Waals surface area contributed by atoms with E-state index in [9.17, 15) is 4.79 Å². The Morgan fingerprint density at radius 1 is 1.28 bits per heavy atom. The van der Waals surface area contributed by atoms with Crippen LogP contribution in [0.3, 0.4) is 0 Å². The van der Waals surface area contributed by atoms with Crippen LogP contribution in [-0.4, -0.2) is 51.0 Å². The SMILES string of the molecule is Cc1nc2c(-c3cccc(CN4CCOCC4)c3)nn(C)c2c(=O)[nH]1. The second-order valence-corrected chi connectivity index (χ2v) is 6.41. The van der Waals surface area contributed by atoms with Crippen LogP contribution >= 0.6 is 0 Å².